The number of nitrogens with zero attached hydrogens (tertiary/aromatic N) is 3. The first-order chi connectivity index (χ1) is 8.65. The van der Waals surface area contributed by atoms with E-state index in [0.717, 1.165) is 11.3 Å². The second kappa shape index (κ2) is 5.13. The Labute approximate surface area is 104 Å². The SMILES string of the molecule is Cn1cc(/C=N\Nc2ccc(C(=O)O)cc2)cn1. The number of anilines is 1. The van der Waals surface area contributed by atoms with E-state index in [1.807, 2.05) is 13.2 Å². The van der Waals surface area contributed by atoms with Crippen LogP contribution in [0, 0.1) is 0 Å². The van der Waals surface area contributed by atoms with Crippen molar-refractivity contribution >= 4 is 17.9 Å². The molecule has 0 radical (unpaired) electrons. The van der Waals surface area contributed by atoms with Gasteiger partial charge in [0.15, 0.2) is 0 Å². The molecule has 1 heterocycles. The minimum absolute atomic E-state index is 0.247. The Hall–Kier alpha value is -2.63. The van der Waals surface area contributed by atoms with E-state index in [1.165, 1.54) is 12.1 Å². The Morgan fingerprint density at radius 1 is 1.44 bits per heavy atom. The zero-order valence-corrected chi connectivity index (χ0v) is 9.74. The van der Waals surface area contributed by atoms with Gasteiger partial charge in [0.1, 0.15) is 0 Å². The Balaban J connectivity index is 1.98. The molecule has 92 valence electrons. The van der Waals surface area contributed by atoms with Crippen LogP contribution in [0.25, 0.3) is 0 Å². The normalized spacial score (nSPS) is 10.7. The molecule has 0 aliphatic rings. The maximum Gasteiger partial charge on any atom is 0.335 e. The van der Waals surface area contributed by atoms with Gasteiger partial charge in [-0.3, -0.25) is 10.1 Å². The number of nitrogens with one attached hydrogen (secondary N) is 1. The molecule has 2 aromatic rings. The molecule has 1 aromatic heterocycles. The highest BCUT2D eigenvalue weighted by Crippen LogP contribution is 2.09. The third kappa shape index (κ3) is 2.94. The molecule has 0 unspecified atom stereocenters. The molecule has 0 amide bonds. The molecule has 0 saturated heterocycles. The Kier molecular flexibility index (Phi) is 3.38. The summed E-state index contributed by atoms with van der Waals surface area (Å²) in [7, 11) is 1.83. The molecule has 0 fully saturated rings. The van der Waals surface area contributed by atoms with Gasteiger partial charge in [-0.15, -0.1) is 0 Å². The van der Waals surface area contributed by atoms with Crippen LogP contribution < -0.4 is 5.43 Å². The van der Waals surface area contributed by atoms with Crippen LogP contribution in [0.4, 0.5) is 5.69 Å². The summed E-state index contributed by atoms with van der Waals surface area (Å²) in [5, 5.41) is 16.8. The van der Waals surface area contributed by atoms with Crippen molar-refractivity contribution in [3.63, 3.8) is 0 Å². The van der Waals surface area contributed by atoms with Crippen LogP contribution in [0.15, 0.2) is 41.8 Å². The Morgan fingerprint density at radius 2 is 2.17 bits per heavy atom. The summed E-state index contributed by atoms with van der Waals surface area (Å²) in [5.74, 6) is -0.944. The minimum Gasteiger partial charge on any atom is -0.478 e. The van der Waals surface area contributed by atoms with Crippen molar-refractivity contribution in [3.8, 4) is 0 Å². The highest BCUT2D eigenvalue weighted by atomic mass is 16.4. The highest BCUT2D eigenvalue weighted by molar-refractivity contribution is 5.88. The van der Waals surface area contributed by atoms with Gasteiger partial charge < -0.3 is 5.11 Å². The van der Waals surface area contributed by atoms with Gasteiger partial charge in [-0.2, -0.15) is 10.2 Å². The van der Waals surface area contributed by atoms with E-state index in [1.54, 1.807) is 29.2 Å². The summed E-state index contributed by atoms with van der Waals surface area (Å²) in [6.45, 7) is 0. The number of aromatic carboxylic acids is 1. The molecular weight excluding hydrogens is 232 g/mol. The summed E-state index contributed by atoms with van der Waals surface area (Å²) >= 11 is 0. The van der Waals surface area contributed by atoms with Gasteiger partial charge in [-0.25, -0.2) is 4.79 Å². The second-order valence-electron chi connectivity index (χ2n) is 3.70. The lowest BCUT2D eigenvalue weighted by atomic mass is 10.2. The second-order valence-corrected chi connectivity index (χ2v) is 3.70. The van der Waals surface area contributed by atoms with Gasteiger partial charge in [-0.05, 0) is 24.3 Å². The zero-order valence-electron chi connectivity index (χ0n) is 9.74. The molecule has 0 aliphatic heterocycles. The zero-order chi connectivity index (χ0) is 13.0. The van der Waals surface area contributed by atoms with Gasteiger partial charge in [0.25, 0.3) is 0 Å². The van der Waals surface area contributed by atoms with Gasteiger partial charge in [0, 0.05) is 18.8 Å². The van der Waals surface area contributed by atoms with Gasteiger partial charge in [0.2, 0.25) is 0 Å². The first-order valence-electron chi connectivity index (χ1n) is 5.26. The summed E-state index contributed by atoms with van der Waals surface area (Å²) in [4.78, 5) is 10.7. The smallest absolute Gasteiger partial charge is 0.335 e. The lowest BCUT2D eigenvalue weighted by Gasteiger charge is -1.99. The Bertz CT molecular complexity index is 572. The fourth-order valence-electron chi connectivity index (χ4n) is 1.38. The van der Waals surface area contributed by atoms with Crippen LogP contribution in [0.3, 0.4) is 0 Å². The van der Waals surface area contributed by atoms with Crippen LogP contribution in [-0.2, 0) is 7.05 Å². The highest BCUT2D eigenvalue weighted by Gasteiger charge is 2.00. The molecule has 18 heavy (non-hydrogen) atoms. The first kappa shape index (κ1) is 11.8. The molecular formula is C12H12N4O2. The predicted molar refractivity (Wildman–Crippen MR) is 67.8 cm³/mol. The fourth-order valence-corrected chi connectivity index (χ4v) is 1.38. The van der Waals surface area contributed by atoms with E-state index in [-0.39, 0.29) is 5.56 Å². The number of rotatable bonds is 4. The largest absolute Gasteiger partial charge is 0.478 e. The summed E-state index contributed by atoms with van der Waals surface area (Å²) in [6, 6.07) is 6.35. The van der Waals surface area contributed by atoms with E-state index < -0.39 is 5.97 Å². The van der Waals surface area contributed by atoms with Crippen LogP contribution in [0.2, 0.25) is 0 Å². The van der Waals surface area contributed by atoms with Crippen LogP contribution in [0.5, 0.6) is 0 Å². The van der Waals surface area contributed by atoms with E-state index in [2.05, 4.69) is 15.6 Å². The molecule has 0 bridgehead atoms. The topological polar surface area (TPSA) is 79.5 Å². The van der Waals surface area contributed by atoms with Gasteiger partial charge in [0.05, 0.1) is 23.7 Å². The van der Waals surface area contributed by atoms with Gasteiger partial charge in [-0.1, -0.05) is 0 Å². The number of hydrogen-bond acceptors (Lipinski definition) is 4. The quantitative estimate of drug-likeness (QED) is 0.632. The number of hydrazone groups is 1. The molecule has 2 N–H and O–H groups in total. The van der Waals surface area contributed by atoms with Crippen LogP contribution in [0.1, 0.15) is 15.9 Å². The Morgan fingerprint density at radius 3 is 2.72 bits per heavy atom. The van der Waals surface area contributed by atoms with Crippen molar-refractivity contribution in [1.29, 1.82) is 0 Å². The van der Waals surface area contributed by atoms with Gasteiger partial charge >= 0.3 is 5.97 Å². The molecule has 6 nitrogen and oxygen atoms in total. The van der Waals surface area contributed by atoms with Crippen molar-refractivity contribution in [3.05, 3.63) is 47.8 Å². The van der Waals surface area contributed by atoms with E-state index in [9.17, 15) is 4.79 Å². The lowest BCUT2D eigenvalue weighted by Crippen LogP contribution is -1.96. The maximum absolute atomic E-state index is 10.7. The third-order valence-electron chi connectivity index (χ3n) is 2.26. The monoisotopic (exact) mass is 244 g/mol. The van der Waals surface area contributed by atoms with Crippen molar-refractivity contribution < 1.29 is 9.90 Å². The average molecular weight is 244 g/mol. The molecule has 2 rings (SSSR count). The predicted octanol–water partition coefficient (Wildman–Crippen LogP) is 1.56. The van der Waals surface area contributed by atoms with Crippen molar-refractivity contribution in [2.75, 3.05) is 5.43 Å². The molecule has 0 aliphatic carbocycles. The number of benzene rings is 1. The number of carboxylic acid groups (broad SMARTS) is 1. The number of carboxylic acids is 1. The van der Waals surface area contributed by atoms with Crippen molar-refractivity contribution in [2.24, 2.45) is 12.1 Å². The summed E-state index contributed by atoms with van der Waals surface area (Å²) in [6.07, 6.45) is 5.16. The number of aryl methyl sites for hydroxylation is 1. The maximum atomic E-state index is 10.7. The van der Waals surface area contributed by atoms with E-state index in [0.29, 0.717) is 0 Å². The van der Waals surface area contributed by atoms with E-state index >= 15 is 0 Å². The first-order valence-corrected chi connectivity index (χ1v) is 5.26. The fraction of sp³-hybridized carbons (Fsp3) is 0.0833. The van der Waals surface area contributed by atoms with E-state index in [4.69, 9.17) is 5.11 Å². The number of carbonyl (C=O) groups is 1. The van der Waals surface area contributed by atoms with Crippen LogP contribution >= 0.6 is 0 Å². The average Bonchev–Trinajstić information content (AvgIpc) is 2.76. The number of hydrogen-bond donors (Lipinski definition) is 2. The standard InChI is InChI=1S/C12H12N4O2/c1-16-8-9(7-14-16)6-13-15-11-4-2-10(3-5-11)12(17)18/h2-8,15H,1H3,(H,17,18)/b13-6-. The molecule has 0 saturated carbocycles. The molecule has 0 spiro atoms. The number of aromatic nitrogens is 2. The lowest BCUT2D eigenvalue weighted by molar-refractivity contribution is 0.0697. The third-order valence-corrected chi connectivity index (χ3v) is 2.26. The molecule has 6 heteroatoms. The molecule has 1 aromatic carbocycles. The summed E-state index contributed by atoms with van der Waals surface area (Å²) < 4.78 is 1.68. The van der Waals surface area contributed by atoms with Crippen molar-refractivity contribution in [2.45, 2.75) is 0 Å². The van der Waals surface area contributed by atoms with Crippen LogP contribution in [-0.4, -0.2) is 27.1 Å². The molecule has 0 atom stereocenters. The summed E-state index contributed by atoms with van der Waals surface area (Å²) in [5.41, 5.74) is 4.66. The minimum atomic E-state index is -0.944. The van der Waals surface area contributed by atoms with Crippen molar-refractivity contribution in [1.82, 2.24) is 9.78 Å².